The highest BCUT2D eigenvalue weighted by atomic mass is 16.3. The fourth-order valence-electron chi connectivity index (χ4n) is 4.29. The molecule has 0 spiro atoms. The molecule has 0 radical (unpaired) electrons. The van der Waals surface area contributed by atoms with E-state index in [-0.39, 0.29) is 17.0 Å². The van der Waals surface area contributed by atoms with Crippen LogP contribution in [0.15, 0.2) is 89.0 Å². The number of aromatic nitrogens is 3. The largest absolute Gasteiger partial charge is 0.508 e. The predicted molar refractivity (Wildman–Crippen MR) is 133 cm³/mol. The molecule has 0 fully saturated rings. The Morgan fingerprint density at radius 3 is 2.51 bits per heavy atom. The van der Waals surface area contributed by atoms with E-state index in [4.69, 9.17) is 0 Å². The fraction of sp³-hybridized carbons (Fsp3) is 0.154. The summed E-state index contributed by atoms with van der Waals surface area (Å²) in [6, 6.07) is 18.6. The first-order chi connectivity index (χ1) is 17.0. The van der Waals surface area contributed by atoms with Crippen LogP contribution in [0.1, 0.15) is 29.3 Å². The number of hydrazone groups is 1. The summed E-state index contributed by atoms with van der Waals surface area (Å²) < 4.78 is 3.20. The van der Waals surface area contributed by atoms with Crippen LogP contribution in [-0.4, -0.2) is 36.2 Å². The molecule has 2 aromatic heterocycles. The first kappa shape index (κ1) is 22.1. The molecule has 9 nitrogen and oxygen atoms in total. The van der Waals surface area contributed by atoms with Crippen molar-refractivity contribution in [2.24, 2.45) is 12.1 Å². The second kappa shape index (κ2) is 8.94. The average molecular weight is 469 g/mol. The number of phenols is 1. The van der Waals surface area contributed by atoms with Crippen LogP contribution in [0.25, 0.3) is 5.69 Å². The summed E-state index contributed by atoms with van der Waals surface area (Å²) in [4.78, 5) is 30.9. The average Bonchev–Trinajstić information content (AvgIpc) is 3.41. The van der Waals surface area contributed by atoms with Crippen molar-refractivity contribution in [3.8, 4) is 11.4 Å². The summed E-state index contributed by atoms with van der Waals surface area (Å²) >= 11 is 0. The third-order valence-electron chi connectivity index (χ3n) is 6.20. The lowest BCUT2D eigenvalue weighted by atomic mass is 9.98. The summed E-state index contributed by atoms with van der Waals surface area (Å²) in [7, 11) is 1.76. The van der Waals surface area contributed by atoms with E-state index in [1.165, 1.54) is 9.69 Å². The Kier molecular flexibility index (Phi) is 5.66. The highest BCUT2D eigenvalue weighted by molar-refractivity contribution is 6.04. The molecule has 0 saturated carbocycles. The number of pyridine rings is 1. The van der Waals surface area contributed by atoms with Crippen molar-refractivity contribution in [2.45, 2.75) is 19.4 Å². The van der Waals surface area contributed by atoms with Gasteiger partial charge in [0.1, 0.15) is 11.4 Å². The van der Waals surface area contributed by atoms with Gasteiger partial charge in [-0.1, -0.05) is 42.5 Å². The van der Waals surface area contributed by atoms with Crippen molar-refractivity contribution in [3.63, 3.8) is 0 Å². The van der Waals surface area contributed by atoms with Crippen molar-refractivity contribution in [1.29, 1.82) is 0 Å². The third kappa shape index (κ3) is 3.97. The zero-order chi connectivity index (χ0) is 24.5. The number of anilines is 1. The Bertz CT molecular complexity index is 1470. The summed E-state index contributed by atoms with van der Waals surface area (Å²) in [5.41, 5.74) is 3.12. The van der Waals surface area contributed by atoms with Crippen molar-refractivity contribution in [2.75, 3.05) is 5.32 Å². The number of urea groups is 1. The zero-order valence-electron chi connectivity index (χ0n) is 19.3. The molecule has 1 atom stereocenters. The monoisotopic (exact) mass is 468 g/mol. The second-order valence-electron chi connectivity index (χ2n) is 8.28. The maximum Gasteiger partial charge on any atom is 0.343 e. The first-order valence-electron chi connectivity index (χ1n) is 11.2. The molecule has 35 heavy (non-hydrogen) atoms. The molecule has 5 rings (SSSR count). The van der Waals surface area contributed by atoms with Crippen LogP contribution in [0.2, 0.25) is 0 Å². The number of nitrogens with one attached hydrogen (secondary N) is 1. The van der Waals surface area contributed by atoms with E-state index >= 15 is 0 Å². The lowest BCUT2D eigenvalue weighted by Gasteiger charge is -2.22. The van der Waals surface area contributed by atoms with Gasteiger partial charge in [-0.25, -0.2) is 14.5 Å². The van der Waals surface area contributed by atoms with Gasteiger partial charge in [-0.05, 0) is 31.2 Å². The van der Waals surface area contributed by atoms with Crippen LogP contribution in [-0.2, 0) is 7.05 Å². The van der Waals surface area contributed by atoms with Gasteiger partial charge in [0, 0.05) is 37.0 Å². The van der Waals surface area contributed by atoms with Gasteiger partial charge in [-0.15, -0.1) is 0 Å². The predicted octanol–water partition coefficient (Wildman–Crippen LogP) is 3.97. The Morgan fingerprint density at radius 1 is 1.06 bits per heavy atom. The van der Waals surface area contributed by atoms with E-state index in [1.54, 1.807) is 61.4 Å². The number of nitrogens with zero attached hydrogens (tertiary/aromatic N) is 5. The van der Waals surface area contributed by atoms with Crippen molar-refractivity contribution in [1.82, 2.24) is 19.4 Å². The highest BCUT2D eigenvalue weighted by Crippen LogP contribution is 2.37. The number of benzene rings is 2. The number of carbonyl (C=O) groups is 1. The minimum atomic E-state index is -0.567. The van der Waals surface area contributed by atoms with E-state index < -0.39 is 12.1 Å². The molecule has 176 valence electrons. The van der Waals surface area contributed by atoms with Gasteiger partial charge in [0.2, 0.25) is 0 Å². The molecule has 9 heteroatoms. The van der Waals surface area contributed by atoms with Crippen LogP contribution in [0.5, 0.6) is 5.75 Å². The number of amides is 2. The topological polar surface area (TPSA) is 105 Å². The Labute approximate surface area is 201 Å². The molecule has 1 aliphatic rings. The molecular formula is C26H24N6O3. The maximum atomic E-state index is 13.5. The molecule has 2 N–H and O–H groups in total. The third-order valence-corrected chi connectivity index (χ3v) is 6.20. The Hall–Kier alpha value is -4.66. The normalized spacial score (nSPS) is 15.2. The molecule has 3 heterocycles. The molecule has 0 bridgehead atoms. The van der Waals surface area contributed by atoms with E-state index in [1.807, 2.05) is 36.4 Å². The van der Waals surface area contributed by atoms with Crippen LogP contribution in [0.3, 0.4) is 0 Å². The number of para-hydroxylation sites is 2. The molecule has 0 saturated heterocycles. The molecule has 0 aliphatic carbocycles. The SMILES string of the molecule is Cc1c(NC(=O)N2N=C(c3cccnc3)CC2c2ccccc2O)c(=O)n(-c2ccccc2)n1C. The molecule has 2 amide bonds. The lowest BCUT2D eigenvalue weighted by molar-refractivity contribution is 0.199. The number of carbonyl (C=O) groups excluding carboxylic acids is 1. The Morgan fingerprint density at radius 2 is 1.80 bits per heavy atom. The van der Waals surface area contributed by atoms with E-state index in [0.717, 1.165) is 5.56 Å². The maximum absolute atomic E-state index is 13.5. The molecule has 1 unspecified atom stereocenters. The smallest absolute Gasteiger partial charge is 0.343 e. The number of hydrogen-bond donors (Lipinski definition) is 2. The van der Waals surface area contributed by atoms with Gasteiger partial charge < -0.3 is 5.11 Å². The summed E-state index contributed by atoms with van der Waals surface area (Å²) in [6.07, 6.45) is 3.74. The van der Waals surface area contributed by atoms with Gasteiger partial charge in [-0.2, -0.15) is 5.10 Å². The van der Waals surface area contributed by atoms with Crippen molar-refractivity contribution < 1.29 is 9.90 Å². The zero-order valence-corrected chi connectivity index (χ0v) is 19.3. The van der Waals surface area contributed by atoms with Crippen LogP contribution in [0, 0.1) is 6.92 Å². The van der Waals surface area contributed by atoms with Crippen LogP contribution < -0.4 is 10.9 Å². The number of phenolic OH excluding ortho intramolecular Hbond substituents is 1. The number of rotatable bonds is 4. The fourth-order valence-corrected chi connectivity index (χ4v) is 4.29. The van der Waals surface area contributed by atoms with Gasteiger partial charge in [0.15, 0.2) is 0 Å². The molecule has 2 aromatic carbocycles. The molecular weight excluding hydrogens is 444 g/mol. The molecule has 4 aromatic rings. The van der Waals surface area contributed by atoms with Gasteiger partial charge in [-0.3, -0.25) is 19.8 Å². The lowest BCUT2D eigenvalue weighted by Crippen LogP contribution is -2.33. The Balaban J connectivity index is 1.52. The minimum Gasteiger partial charge on any atom is -0.508 e. The van der Waals surface area contributed by atoms with E-state index in [9.17, 15) is 14.7 Å². The summed E-state index contributed by atoms with van der Waals surface area (Å²) in [5.74, 6) is 0.0697. The minimum absolute atomic E-state index is 0.0697. The van der Waals surface area contributed by atoms with E-state index in [0.29, 0.717) is 29.1 Å². The van der Waals surface area contributed by atoms with Gasteiger partial charge in [0.05, 0.1) is 23.1 Å². The van der Waals surface area contributed by atoms with Gasteiger partial charge >= 0.3 is 6.03 Å². The van der Waals surface area contributed by atoms with Gasteiger partial charge in [0.25, 0.3) is 5.56 Å². The molecule has 1 aliphatic heterocycles. The summed E-state index contributed by atoms with van der Waals surface area (Å²) in [6.45, 7) is 1.77. The number of hydrogen-bond acceptors (Lipinski definition) is 5. The number of aromatic hydroxyl groups is 1. The van der Waals surface area contributed by atoms with Crippen LogP contribution in [0.4, 0.5) is 10.5 Å². The first-order valence-corrected chi connectivity index (χ1v) is 11.2. The van der Waals surface area contributed by atoms with E-state index in [2.05, 4.69) is 15.4 Å². The highest BCUT2D eigenvalue weighted by Gasteiger charge is 2.35. The standard InChI is InChI=1S/C26H24N6O3/c1-17-24(25(34)32(30(17)2)19-10-4-3-5-11-19)28-26(35)31-22(20-12-6-7-13-23(20)33)15-21(29-31)18-9-8-14-27-16-18/h3-14,16,22,33H,15H2,1-2H3,(H,28,35). The quantitative estimate of drug-likeness (QED) is 0.473. The second-order valence-corrected chi connectivity index (χ2v) is 8.28. The summed E-state index contributed by atoms with van der Waals surface area (Å²) in [5, 5.41) is 19.1. The van der Waals surface area contributed by atoms with Crippen LogP contribution >= 0.6 is 0 Å². The van der Waals surface area contributed by atoms with Crippen molar-refractivity contribution >= 4 is 17.4 Å². The van der Waals surface area contributed by atoms with Crippen molar-refractivity contribution in [3.05, 3.63) is 106 Å².